The molecular weight excluding hydrogens is 410 g/mol. The Hall–Kier alpha value is -3.81. The molecule has 0 unspecified atom stereocenters. The molecule has 0 aliphatic carbocycles. The van der Waals surface area contributed by atoms with E-state index < -0.39 is 18.0 Å². The van der Waals surface area contributed by atoms with E-state index in [0.29, 0.717) is 35.7 Å². The summed E-state index contributed by atoms with van der Waals surface area (Å²) in [5.41, 5.74) is 3.41. The molecule has 3 heterocycles. The number of carbonyl (C=O) groups excluding carboxylic acids is 3. The van der Waals surface area contributed by atoms with Gasteiger partial charge in [-0.15, -0.1) is 0 Å². The van der Waals surface area contributed by atoms with E-state index >= 15 is 0 Å². The summed E-state index contributed by atoms with van der Waals surface area (Å²) in [6.45, 7) is 2.67. The van der Waals surface area contributed by atoms with Crippen LogP contribution < -0.4 is 15.0 Å². The van der Waals surface area contributed by atoms with E-state index in [4.69, 9.17) is 9.47 Å². The molecule has 8 heteroatoms. The number of urea groups is 1. The fourth-order valence-corrected chi connectivity index (χ4v) is 4.54. The maximum Gasteiger partial charge on any atom is 0.338 e. The molecule has 164 valence electrons. The number of hydrogen-bond acceptors (Lipinski definition) is 5. The first kappa shape index (κ1) is 20.1. The van der Waals surface area contributed by atoms with E-state index in [1.54, 1.807) is 11.0 Å². The Morgan fingerprint density at radius 1 is 1.16 bits per heavy atom. The van der Waals surface area contributed by atoms with Crippen molar-refractivity contribution < 1.29 is 23.9 Å². The third-order valence-electron chi connectivity index (χ3n) is 6.01. The quantitative estimate of drug-likeness (QED) is 0.733. The number of esters is 1. The van der Waals surface area contributed by atoms with Gasteiger partial charge in [0.05, 0.1) is 23.9 Å². The zero-order chi connectivity index (χ0) is 22.2. The lowest BCUT2D eigenvalue weighted by Gasteiger charge is -2.33. The number of nitrogens with one attached hydrogen (secondary N) is 1. The number of cyclic esters (lactones) is 1. The first-order chi connectivity index (χ1) is 15.6. The first-order valence-electron chi connectivity index (χ1n) is 10.7. The number of amides is 3. The normalized spacial score (nSPS) is 19.5. The highest BCUT2D eigenvalue weighted by atomic mass is 16.5. The molecule has 8 nitrogen and oxygen atoms in total. The highest BCUT2D eigenvalue weighted by Gasteiger charge is 2.44. The van der Waals surface area contributed by atoms with Gasteiger partial charge in [0, 0.05) is 17.8 Å². The van der Waals surface area contributed by atoms with Crippen molar-refractivity contribution in [3.8, 4) is 5.75 Å². The van der Waals surface area contributed by atoms with Crippen molar-refractivity contribution in [2.24, 2.45) is 0 Å². The lowest BCUT2D eigenvalue weighted by molar-refractivity contribution is -0.136. The van der Waals surface area contributed by atoms with Crippen LogP contribution in [0.3, 0.4) is 0 Å². The Balaban J connectivity index is 1.46. The van der Waals surface area contributed by atoms with Crippen LogP contribution in [0.2, 0.25) is 0 Å². The second kappa shape index (κ2) is 8.03. The van der Waals surface area contributed by atoms with Crippen molar-refractivity contribution in [1.29, 1.82) is 0 Å². The van der Waals surface area contributed by atoms with Gasteiger partial charge in [0.1, 0.15) is 18.9 Å². The number of rotatable bonds is 5. The largest absolute Gasteiger partial charge is 0.494 e. The lowest BCUT2D eigenvalue weighted by atomic mass is 9.95. The second-order valence-electron chi connectivity index (χ2n) is 7.80. The summed E-state index contributed by atoms with van der Waals surface area (Å²) < 4.78 is 11.0. The highest BCUT2D eigenvalue weighted by molar-refractivity contribution is 6.01. The van der Waals surface area contributed by atoms with Crippen LogP contribution in [0.25, 0.3) is 0 Å². The lowest BCUT2D eigenvalue weighted by Crippen LogP contribution is -2.51. The maximum atomic E-state index is 13.1. The predicted molar refractivity (Wildman–Crippen MR) is 116 cm³/mol. The number of fused-ring (bicyclic) bond motifs is 1. The van der Waals surface area contributed by atoms with Gasteiger partial charge in [-0.1, -0.05) is 36.4 Å². The van der Waals surface area contributed by atoms with Crippen LogP contribution in [0.4, 0.5) is 10.5 Å². The predicted octanol–water partition coefficient (Wildman–Crippen LogP) is 2.55. The van der Waals surface area contributed by atoms with Gasteiger partial charge < -0.3 is 19.7 Å². The van der Waals surface area contributed by atoms with Crippen LogP contribution in [-0.2, 0) is 20.7 Å². The van der Waals surface area contributed by atoms with E-state index in [-0.39, 0.29) is 19.1 Å². The molecule has 1 atom stereocenters. The minimum absolute atomic E-state index is 0.0429. The van der Waals surface area contributed by atoms with Gasteiger partial charge in [-0.3, -0.25) is 9.69 Å². The van der Waals surface area contributed by atoms with Gasteiger partial charge >= 0.3 is 12.0 Å². The Kier molecular flexibility index (Phi) is 5.05. The van der Waals surface area contributed by atoms with Gasteiger partial charge in [0.25, 0.3) is 0 Å². The molecule has 0 aromatic heterocycles. The molecule has 5 rings (SSSR count). The molecular formula is C24H23N3O5. The average Bonchev–Trinajstić information content (AvgIpc) is 3.40. The number of para-hydroxylation sites is 2. The third-order valence-corrected chi connectivity index (χ3v) is 6.01. The summed E-state index contributed by atoms with van der Waals surface area (Å²) in [6.07, 6.45) is 0.778. The Bertz CT molecular complexity index is 1140. The van der Waals surface area contributed by atoms with E-state index in [0.717, 1.165) is 17.7 Å². The number of benzene rings is 2. The monoisotopic (exact) mass is 433 g/mol. The van der Waals surface area contributed by atoms with E-state index in [1.165, 1.54) is 4.90 Å². The van der Waals surface area contributed by atoms with Gasteiger partial charge in [0.15, 0.2) is 0 Å². The molecule has 32 heavy (non-hydrogen) atoms. The Labute approximate surface area is 185 Å². The Morgan fingerprint density at radius 3 is 2.78 bits per heavy atom. The number of anilines is 1. The smallest absolute Gasteiger partial charge is 0.338 e. The standard InChI is InChI=1S/C24H23N3O5/c1-2-31-19-10-6-4-8-16(19)22-21-18(14-32-23(21)29)27(24(30)25-22)13-20(28)26-12-11-15-7-3-5-9-17(15)26/h3-10,22H,2,11-14H2,1H3,(H,25,30)/t22-/m1/s1. The minimum Gasteiger partial charge on any atom is -0.494 e. The summed E-state index contributed by atoms with van der Waals surface area (Å²) >= 11 is 0. The fourth-order valence-electron chi connectivity index (χ4n) is 4.54. The minimum atomic E-state index is -0.700. The van der Waals surface area contributed by atoms with E-state index in [1.807, 2.05) is 49.4 Å². The van der Waals surface area contributed by atoms with Crippen molar-refractivity contribution in [1.82, 2.24) is 10.2 Å². The van der Waals surface area contributed by atoms with Crippen molar-refractivity contribution in [2.75, 3.05) is 31.2 Å². The topological polar surface area (TPSA) is 88.2 Å². The molecule has 2 aromatic rings. The summed E-state index contributed by atoms with van der Waals surface area (Å²) in [6, 6.07) is 13.9. The molecule has 3 aliphatic heterocycles. The first-order valence-corrected chi connectivity index (χ1v) is 10.7. The number of hydrogen-bond donors (Lipinski definition) is 1. The molecule has 3 amide bonds. The summed E-state index contributed by atoms with van der Waals surface area (Å²) in [7, 11) is 0. The third kappa shape index (κ3) is 3.28. The number of nitrogens with zero attached hydrogens (tertiary/aromatic N) is 2. The van der Waals surface area contributed by atoms with Crippen LogP contribution in [-0.4, -0.2) is 49.1 Å². The molecule has 0 spiro atoms. The zero-order valence-electron chi connectivity index (χ0n) is 17.7. The molecule has 1 N–H and O–H groups in total. The molecule has 0 saturated carbocycles. The number of ether oxygens (including phenoxy) is 2. The highest BCUT2D eigenvalue weighted by Crippen LogP contribution is 2.38. The Morgan fingerprint density at radius 2 is 1.94 bits per heavy atom. The molecule has 0 saturated heterocycles. The summed E-state index contributed by atoms with van der Waals surface area (Å²) in [5, 5.41) is 2.88. The summed E-state index contributed by atoms with van der Waals surface area (Å²) in [5.74, 6) is -0.116. The van der Waals surface area contributed by atoms with Crippen LogP contribution in [0.1, 0.15) is 24.1 Å². The van der Waals surface area contributed by atoms with Gasteiger partial charge in [-0.2, -0.15) is 0 Å². The molecule has 0 bridgehead atoms. The van der Waals surface area contributed by atoms with E-state index in [2.05, 4.69) is 5.32 Å². The van der Waals surface area contributed by atoms with Crippen molar-refractivity contribution in [3.63, 3.8) is 0 Å². The maximum absolute atomic E-state index is 13.1. The van der Waals surface area contributed by atoms with E-state index in [9.17, 15) is 14.4 Å². The van der Waals surface area contributed by atoms with Gasteiger partial charge in [-0.25, -0.2) is 9.59 Å². The van der Waals surface area contributed by atoms with Crippen LogP contribution >= 0.6 is 0 Å². The summed E-state index contributed by atoms with van der Waals surface area (Å²) in [4.78, 5) is 41.9. The van der Waals surface area contributed by atoms with Crippen molar-refractivity contribution in [3.05, 3.63) is 70.9 Å². The van der Waals surface area contributed by atoms with Crippen molar-refractivity contribution >= 4 is 23.6 Å². The second-order valence-corrected chi connectivity index (χ2v) is 7.80. The SMILES string of the molecule is CCOc1ccccc1[C@H]1NC(=O)N(CC(=O)N2CCc3ccccc32)C2=C1C(=O)OC2. The molecule has 3 aliphatic rings. The van der Waals surface area contributed by atoms with Gasteiger partial charge in [0.2, 0.25) is 5.91 Å². The van der Waals surface area contributed by atoms with Crippen LogP contribution in [0.15, 0.2) is 59.8 Å². The number of carbonyl (C=O) groups is 3. The molecule has 0 fully saturated rings. The molecule has 2 aromatic carbocycles. The van der Waals surface area contributed by atoms with Gasteiger partial charge in [-0.05, 0) is 31.0 Å². The van der Waals surface area contributed by atoms with Crippen molar-refractivity contribution in [2.45, 2.75) is 19.4 Å². The van der Waals surface area contributed by atoms with Crippen LogP contribution in [0, 0.1) is 0 Å². The molecule has 0 radical (unpaired) electrons. The zero-order valence-corrected chi connectivity index (χ0v) is 17.7. The fraction of sp³-hybridized carbons (Fsp3) is 0.292. The average molecular weight is 433 g/mol. The van der Waals surface area contributed by atoms with Crippen LogP contribution in [0.5, 0.6) is 5.75 Å².